The standard InChI is InChI=1S/C16H24N2O3/c1-20-11-16(19)18-13-9-7-12(8-10-13)17-14-5-3-4-6-15(14)21-2/h7-10,14-15,17H,3-6,11H2,1-2H3,(H,18,19). The van der Waals surface area contributed by atoms with Gasteiger partial charge in [-0.2, -0.15) is 0 Å². The maximum atomic E-state index is 11.4. The first-order valence-corrected chi connectivity index (χ1v) is 7.41. The van der Waals surface area contributed by atoms with Gasteiger partial charge in [0, 0.05) is 25.6 Å². The lowest BCUT2D eigenvalue weighted by Crippen LogP contribution is -2.37. The molecule has 1 aliphatic carbocycles. The summed E-state index contributed by atoms with van der Waals surface area (Å²) >= 11 is 0. The Hall–Kier alpha value is -1.59. The van der Waals surface area contributed by atoms with Crippen LogP contribution in [0, 0.1) is 0 Å². The Morgan fingerprint density at radius 3 is 2.48 bits per heavy atom. The minimum absolute atomic E-state index is 0.0671. The maximum absolute atomic E-state index is 11.4. The summed E-state index contributed by atoms with van der Waals surface area (Å²) in [7, 11) is 3.28. The van der Waals surface area contributed by atoms with Gasteiger partial charge >= 0.3 is 0 Å². The minimum Gasteiger partial charge on any atom is -0.380 e. The number of amides is 1. The van der Waals surface area contributed by atoms with Gasteiger partial charge in [0.05, 0.1) is 12.1 Å². The van der Waals surface area contributed by atoms with Crippen LogP contribution in [-0.4, -0.2) is 38.9 Å². The van der Waals surface area contributed by atoms with E-state index in [1.807, 2.05) is 24.3 Å². The number of carbonyl (C=O) groups is 1. The van der Waals surface area contributed by atoms with Gasteiger partial charge in [0.2, 0.25) is 5.91 Å². The molecule has 0 aliphatic heterocycles. The molecule has 0 radical (unpaired) electrons. The van der Waals surface area contributed by atoms with Crippen LogP contribution in [0.15, 0.2) is 24.3 Å². The highest BCUT2D eigenvalue weighted by Crippen LogP contribution is 2.24. The Bertz CT molecular complexity index is 447. The van der Waals surface area contributed by atoms with Crippen LogP contribution in [0.1, 0.15) is 25.7 Å². The van der Waals surface area contributed by atoms with Gasteiger partial charge in [0.1, 0.15) is 6.61 Å². The molecule has 0 spiro atoms. The number of ether oxygens (including phenoxy) is 2. The van der Waals surface area contributed by atoms with Crippen molar-refractivity contribution in [1.82, 2.24) is 0 Å². The normalized spacial score (nSPS) is 21.8. The van der Waals surface area contributed by atoms with Crippen LogP contribution in [-0.2, 0) is 14.3 Å². The summed E-state index contributed by atoms with van der Waals surface area (Å²) in [6.45, 7) is 0.0671. The third-order valence-electron chi connectivity index (χ3n) is 3.80. The second-order valence-corrected chi connectivity index (χ2v) is 5.37. The highest BCUT2D eigenvalue weighted by atomic mass is 16.5. The first-order valence-electron chi connectivity index (χ1n) is 7.41. The van der Waals surface area contributed by atoms with E-state index in [9.17, 15) is 4.79 Å². The van der Waals surface area contributed by atoms with Crippen molar-refractivity contribution in [3.05, 3.63) is 24.3 Å². The Morgan fingerprint density at radius 1 is 1.14 bits per heavy atom. The van der Waals surface area contributed by atoms with Crippen LogP contribution in [0.25, 0.3) is 0 Å². The van der Waals surface area contributed by atoms with Crippen molar-refractivity contribution in [2.45, 2.75) is 37.8 Å². The molecule has 1 amide bonds. The zero-order valence-corrected chi connectivity index (χ0v) is 12.7. The van der Waals surface area contributed by atoms with Gasteiger partial charge in [-0.25, -0.2) is 0 Å². The molecule has 5 nitrogen and oxygen atoms in total. The summed E-state index contributed by atoms with van der Waals surface area (Å²) in [4.78, 5) is 11.4. The van der Waals surface area contributed by atoms with Crippen LogP contribution in [0.2, 0.25) is 0 Å². The Morgan fingerprint density at radius 2 is 1.81 bits per heavy atom. The number of methoxy groups -OCH3 is 2. The molecule has 1 aromatic carbocycles. The zero-order valence-electron chi connectivity index (χ0n) is 12.7. The predicted molar refractivity (Wildman–Crippen MR) is 83.6 cm³/mol. The van der Waals surface area contributed by atoms with Crippen LogP contribution >= 0.6 is 0 Å². The van der Waals surface area contributed by atoms with Crippen LogP contribution in [0.4, 0.5) is 11.4 Å². The Kier molecular flexibility index (Phi) is 6.02. The average molecular weight is 292 g/mol. The van der Waals surface area contributed by atoms with Gasteiger partial charge in [-0.1, -0.05) is 12.8 Å². The van der Waals surface area contributed by atoms with Gasteiger partial charge < -0.3 is 20.1 Å². The molecule has 1 fully saturated rings. The second kappa shape index (κ2) is 8.00. The summed E-state index contributed by atoms with van der Waals surface area (Å²) in [5, 5.41) is 6.30. The van der Waals surface area contributed by atoms with Gasteiger partial charge in [-0.3, -0.25) is 4.79 Å². The second-order valence-electron chi connectivity index (χ2n) is 5.37. The number of nitrogens with one attached hydrogen (secondary N) is 2. The number of hydrogen-bond donors (Lipinski definition) is 2. The van der Waals surface area contributed by atoms with Gasteiger partial charge in [0.25, 0.3) is 0 Å². The maximum Gasteiger partial charge on any atom is 0.250 e. The first kappa shape index (κ1) is 15.8. The van der Waals surface area contributed by atoms with Crippen LogP contribution in [0.3, 0.4) is 0 Å². The van der Waals surface area contributed by atoms with Gasteiger partial charge in [-0.15, -0.1) is 0 Å². The van der Waals surface area contributed by atoms with E-state index in [4.69, 9.17) is 9.47 Å². The van der Waals surface area contributed by atoms with Crippen molar-refractivity contribution in [3.63, 3.8) is 0 Å². The van der Waals surface area contributed by atoms with Crippen molar-refractivity contribution in [2.24, 2.45) is 0 Å². The number of carbonyl (C=O) groups excluding carboxylic acids is 1. The van der Waals surface area contributed by atoms with E-state index in [1.165, 1.54) is 20.0 Å². The van der Waals surface area contributed by atoms with Crippen molar-refractivity contribution in [2.75, 3.05) is 31.5 Å². The monoisotopic (exact) mass is 292 g/mol. The van der Waals surface area contributed by atoms with Crippen molar-refractivity contribution in [3.8, 4) is 0 Å². The third kappa shape index (κ3) is 4.72. The van der Waals surface area contributed by atoms with Crippen molar-refractivity contribution >= 4 is 17.3 Å². The molecule has 1 aromatic rings. The molecule has 2 N–H and O–H groups in total. The lowest BCUT2D eigenvalue weighted by atomic mass is 9.92. The van der Waals surface area contributed by atoms with Crippen molar-refractivity contribution in [1.29, 1.82) is 0 Å². The lowest BCUT2D eigenvalue weighted by molar-refractivity contribution is -0.119. The fraction of sp³-hybridized carbons (Fsp3) is 0.562. The van der Waals surface area contributed by atoms with E-state index < -0.39 is 0 Å². The van der Waals surface area contributed by atoms with Gasteiger partial charge in [-0.05, 0) is 37.1 Å². The highest BCUT2D eigenvalue weighted by molar-refractivity contribution is 5.91. The molecule has 0 saturated heterocycles. The van der Waals surface area contributed by atoms with E-state index in [1.54, 1.807) is 7.11 Å². The summed E-state index contributed by atoms with van der Waals surface area (Å²) in [6, 6.07) is 8.09. The topological polar surface area (TPSA) is 59.6 Å². The molecule has 5 heteroatoms. The molecule has 0 aromatic heterocycles. The zero-order chi connectivity index (χ0) is 15.1. The Balaban J connectivity index is 1.91. The van der Waals surface area contributed by atoms with E-state index in [0.29, 0.717) is 6.04 Å². The molecule has 2 unspecified atom stereocenters. The predicted octanol–water partition coefficient (Wildman–Crippen LogP) is 2.64. The summed E-state index contributed by atoms with van der Waals surface area (Å²) in [5.74, 6) is -0.148. The van der Waals surface area contributed by atoms with Crippen LogP contribution < -0.4 is 10.6 Å². The molecule has 1 aliphatic rings. The largest absolute Gasteiger partial charge is 0.380 e. The number of hydrogen-bond acceptors (Lipinski definition) is 4. The molecule has 2 rings (SSSR count). The number of anilines is 2. The molecule has 0 bridgehead atoms. The summed E-state index contributed by atoms with van der Waals surface area (Å²) < 4.78 is 10.3. The van der Waals surface area contributed by atoms with Crippen molar-refractivity contribution < 1.29 is 14.3 Å². The third-order valence-corrected chi connectivity index (χ3v) is 3.80. The molecular formula is C16H24N2O3. The average Bonchev–Trinajstić information content (AvgIpc) is 2.50. The van der Waals surface area contributed by atoms with Crippen LogP contribution in [0.5, 0.6) is 0 Å². The van der Waals surface area contributed by atoms with E-state index >= 15 is 0 Å². The minimum atomic E-state index is -0.148. The number of benzene rings is 1. The fourth-order valence-electron chi connectivity index (χ4n) is 2.74. The molecule has 2 atom stereocenters. The SMILES string of the molecule is COCC(=O)Nc1ccc(NC2CCCCC2OC)cc1. The molecule has 0 heterocycles. The summed E-state index contributed by atoms with van der Waals surface area (Å²) in [6.07, 6.45) is 4.99. The van der Waals surface area contributed by atoms with E-state index in [2.05, 4.69) is 10.6 Å². The smallest absolute Gasteiger partial charge is 0.250 e. The lowest BCUT2D eigenvalue weighted by Gasteiger charge is -2.31. The van der Waals surface area contributed by atoms with E-state index in [-0.39, 0.29) is 18.6 Å². The summed E-state index contributed by atoms with van der Waals surface area (Å²) in [5.41, 5.74) is 1.82. The molecule has 21 heavy (non-hydrogen) atoms. The van der Waals surface area contributed by atoms with Gasteiger partial charge in [0.15, 0.2) is 0 Å². The molecule has 116 valence electrons. The quantitative estimate of drug-likeness (QED) is 0.846. The number of rotatable bonds is 6. The highest BCUT2D eigenvalue weighted by Gasteiger charge is 2.24. The first-order chi connectivity index (χ1) is 10.2. The molecular weight excluding hydrogens is 268 g/mol. The molecule has 1 saturated carbocycles. The fourth-order valence-corrected chi connectivity index (χ4v) is 2.74. The Labute approximate surface area is 126 Å². The van der Waals surface area contributed by atoms with E-state index in [0.717, 1.165) is 24.2 Å².